The van der Waals surface area contributed by atoms with Gasteiger partial charge in [0, 0.05) is 21.3 Å². The first-order chi connectivity index (χ1) is 15.7. The predicted molar refractivity (Wildman–Crippen MR) is 127 cm³/mol. The Morgan fingerprint density at radius 2 is 1.31 bits per heavy atom. The van der Waals surface area contributed by atoms with Crippen LogP contribution in [-0.4, -0.2) is 17.5 Å². The molecule has 1 fully saturated rings. The van der Waals surface area contributed by atoms with Gasteiger partial charge in [-0.2, -0.15) is 0 Å². The number of ketones is 1. The minimum atomic E-state index is -0.554. The van der Waals surface area contributed by atoms with Crippen LogP contribution >= 0.6 is 11.8 Å². The molecule has 162 valence electrons. The molecule has 1 aliphatic rings. The number of rotatable bonds is 7. The van der Waals surface area contributed by atoms with Gasteiger partial charge >= 0.3 is 5.97 Å². The molecule has 0 radical (unpaired) electrons. The fraction of sp³-hybridized carbons (Fsp3) is 0.222. The normalized spacial score (nSPS) is 14.7. The summed E-state index contributed by atoms with van der Waals surface area (Å²) in [6, 6.07) is 26.3. The molecule has 4 nitrogen and oxygen atoms in total. The summed E-state index contributed by atoms with van der Waals surface area (Å²) >= 11 is 1.65. The van der Waals surface area contributed by atoms with E-state index in [1.807, 2.05) is 48.5 Å². The van der Waals surface area contributed by atoms with E-state index >= 15 is 0 Å². The van der Waals surface area contributed by atoms with E-state index in [9.17, 15) is 9.59 Å². The van der Waals surface area contributed by atoms with Crippen molar-refractivity contribution >= 4 is 29.2 Å². The summed E-state index contributed by atoms with van der Waals surface area (Å²) in [5.74, 6) is -0.714. The van der Waals surface area contributed by atoms with Crippen LogP contribution in [0.5, 0.6) is 0 Å². The summed E-state index contributed by atoms with van der Waals surface area (Å²) in [6.07, 6.45) is 5.03. The Labute approximate surface area is 192 Å². The fourth-order valence-electron chi connectivity index (χ4n) is 3.84. The molecule has 0 heterocycles. The Morgan fingerprint density at radius 1 is 0.719 bits per heavy atom. The highest BCUT2D eigenvalue weighted by molar-refractivity contribution is 7.99. The van der Waals surface area contributed by atoms with E-state index in [-0.39, 0.29) is 11.7 Å². The average molecular weight is 444 g/mol. The van der Waals surface area contributed by atoms with Crippen LogP contribution in [0.2, 0.25) is 0 Å². The molecule has 0 unspecified atom stereocenters. The number of nitrogens with zero attached hydrogens (tertiary/aromatic N) is 1. The number of carbonyl (C=O) groups is 2. The molecule has 5 heteroatoms. The summed E-state index contributed by atoms with van der Waals surface area (Å²) in [5.41, 5.74) is 1.31. The molecular formula is C27H25NO3S. The molecular weight excluding hydrogens is 418 g/mol. The lowest BCUT2D eigenvalue weighted by molar-refractivity contribution is 0.0512. The van der Waals surface area contributed by atoms with Crippen molar-refractivity contribution in [3.05, 3.63) is 96.1 Å². The number of hydrogen-bond donors (Lipinski definition) is 0. The highest BCUT2D eigenvalue weighted by Crippen LogP contribution is 2.29. The Hall–Kier alpha value is -3.18. The molecule has 0 atom stereocenters. The third-order valence-electron chi connectivity index (χ3n) is 5.56. The standard InChI is InChI=1S/C27H25NO3S/c29-26(21-16-18-24(19-17-21)32-23-14-8-3-9-15-23)25(20-10-4-1-5-11-20)28-31-27(30)22-12-6-2-7-13-22/h2-3,6-9,12-20H,1,4-5,10-11H2. The van der Waals surface area contributed by atoms with Crippen LogP contribution in [0.1, 0.15) is 52.8 Å². The lowest BCUT2D eigenvalue weighted by atomic mass is 9.83. The Kier molecular flexibility index (Phi) is 7.51. The zero-order chi connectivity index (χ0) is 22.2. The van der Waals surface area contributed by atoms with E-state index in [1.54, 1.807) is 36.0 Å². The molecule has 0 spiro atoms. The van der Waals surface area contributed by atoms with Gasteiger partial charge in [-0.1, -0.05) is 72.6 Å². The first-order valence-corrected chi connectivity index (χ1v) is 11.7. The summed E-state index contributed by atoms with van der Waals surface area (Å²) in [5, 5.41) is 4.10. The smallest absolute Gasteiger partial charge is 0.312 e. The molecule has 32 heavy (non-hydrogen) atoms. The monoisotopic (exact) mass is 443 g/mol. The predicted octanol–water partition coefficient (Wildman–Crippen LogP) is 6.81. The maximum atomic E-state index is 13.3. The molecule has 0 saturated heterocycles. The van der Waals surface area contributed by atoms with Crippen molar-refractivity contribution in [2.24, 2.45) is 11.1 Å². The lowest BCUT2D eigenvalue weighted by Crippen LogP contribution is -2.27. The molecule has 0 aromatic heterocycles. The number of hydrogen-bond acceptors (Lipinski definition) is 5. The van der Waals surface area contributed by atoms with E-state index in [0.717, 1.165) is 41.9 Å². The molecule has 0 N–H and O–H groups in total. The van der Waals surface area contributed by atoms with Gasteiger partial charge in [0.1, 0.15) is 5.71 Å². The van der Waals surface area contributed by atoms with Crippen molar-refractivity contribution < 1.29 is 14.4 Å². The molecule has 4 rings (SSSR count). The molecule has 0 amide bonds. The molecule has 0 aliphatic heterocycles. The highest BCUT2D eigenvalue weighted by Gasteiger charge is 2.27. The van der Waals surface area contributed by atoms with Gasteiger partial charge in [-0.05, 0) is 61.4 Å². The number of Topliss-reactive ketones (excluding diaryl/α,β-unsaturated/α-hetero) is 1. The van der Waals surface area contributed by atoms with Gasteiger partial charge in [-0.25, -0.2) is 4.79 Å². The summed E-state index contributed by atoms with van der Waals surface area (Å²) in [7, 11) is 0. The van der Waals surface area contributed by atoms with Crippen LogP contribution in [0, 0.1) is 5.92 Å². The van der Waals surface area contributed by atoms with Gasteiger partial charge < -0.3 is 4.84 Å². The summed E-state index contributed by atoms with van der Waals surface area (Å²) in [6.45, 7) is 0. The molecule has 3 aromatic rings. The molecule has 0 bridgehead atoms. The van der Waals surface area contributed by atoms with Crippen LogP contribution in [0.4, 0.5) is 0 Å². The van der Waals surface area contributed by atoms with Gasteiger partial charge in [0.25, 0.3) is 0 Å². The van der Waals surface area contributed by atoms with Gasteiger partial charge in [0.05, 0.1) is 5.56 Å². The van der Waals surface area contributed by atoms with Crippen molar-refractivity contribution in [3.8, 4) is 0 Å². The van der Waals surface area contributed by atoms with Crippen molar-refractivity contribution in [3.63, 3.8) is 0 Å². The van der Waals surface area contributed by atoms with Crippen LogP contribution in [0.3, 0.4) is 0 Å². The van der Waals surface area contributed by atoms with Crippen molar-refractivity contribution in [2.75, 3.05) is 0 Å². The van der Waals surface area contributed by atoms with E-state index in [4.69, 9.17) is 4.84 Å². The van der Waals surface area contributed by atoms with E-state index in [0.29, 0.717) is 16.8 Å². The topological polar surface area (TPSA) is 55.7 Å². The minimum Gasteiger partial charge on any atom is -0.312 e. The Balaban J connectivity index is 1.52. The second-order valence-corrected chi connectivity index (χ2v) is 8.97. The molecule has 1 aliphatic carbocycles. The maximum Gasteiger partial charge on any atom is 0.365 e. The molecule has 3 aromatic carbocycles. The van der Waals surface area contributed by atoms with Crippen molar-refractivity contribution in [1.82, 2.24) is 0 Å². The zero-order valence-corrected chi connectivity index (χ0v) is 18.6. The van der Waals surface area contributed by atoms with Crippen LogP contribution in [-0.2, 0) is 4.84 Å². The second-order valence-electron chi connectivity index (χ2n) is 7.82. The minimum absolute atomic E-state index is 0.0122. The highest BCUT2D eigenvalue weighted by atomic mass is 32.2. The third kappa shape index (κ3) is 5.74. The lowest BCUT2D eigenvalue weighted by Gasteiger charge is -2.22. The van der Waals surface area contributed by atoms with Crippen LogP contribution in [0.25, 0.3) is 0 Å². The quantitative estimate of drug-likeness (QED) is 0.174. The van der Waals surface area contributed by atoms with Crippen molar-refractivity contribution in [1.29, 1.82) is 0 Å². The summed E-state index contributed by atoms with van der Waals surface area (Å²) in [4.78, 5) is 33.1. The maximum absolute atomic E-state index is 13.3. The zero-order valence-electron chi connectivity index (χ0n) is 17.8. The average Bonchev–Trinajstić information content (AvgIpc) is 2.86. The van der Waals surface area contributed by atoms with Crippen LogP contribution < -0.4 is 0 Å². The van der Waals surface area contributed by atoms with Gasteiger partial charge in [0.2, 0.25) is 5.78 Å². The van der Waals surface area contributed by atoms with Gasteiger partial charge in [0.15, 0.2) is 0 Å². The molecule has 1 saturated carbocycles. The number of benzene rings is 3. The summed E-state index contributed by atoms with van der Waals surface area (Å²) < 4.78 is 0. The van der Waals surface area contributed by atoms with Crippen molar-refractivity contribution in [2.45, 2.75) is 41.9 Å². The number of carbonyl (C=O) groups excluding carboxylic acids is 2. The first kappa shape index (κ1) is 22.0. The van der Waals surface area contributed by atoms with Gasteiger partial charge in [-0.3, -0.25) is 4.79 Å². The number of oxime groups is 1. The van der Waals surface area contributed by atoms with E-state index in [2.05, 4.69) is 17.3 Å². The van der Waals surface area contributed by atoms with E-state index < -0.39 is 5.97 Å². The van der Waals surface area contributed by atoms with Crippen LogP contribution in [0.15, 0.2) is 99.9 Å². The first-order valence-electron chi connectivity index (χ1n) is 10.9. The largest absolute Gasteiger partial charge is 0.365 e. The second kappa shape index (κ2) is 10.9. The SMILES string of the molecule is O=C(ON=C(C(=O)c1ccc(Sc2ccccc2)cc1)C1CCCCC1)c1ccccc1. The fourth-order valence-corrected chi connectivity index (χ4v) is 4.68. The Bertz CT molecular complexity index is 1070. The third-order valence-corrected chi connectivity index (χ3v) is 6.57. The Morgan fingerprint density at radius 3 is 1.97 bits per heavy atom. The van der Waals surface area contributed by atoms with E-state index in [1.165, 1.54) is 0 Å². The van der Waals surface area contributed by atoms with Gasteiger partial charge in [-0.15, -0.1) is 0 Å².